The predicted molar refractivity (Wildman–Crippen MR) is 115 cm³/mol. The Bertz CT molecular complexity index is 971. The third-order valence-electron chi connectivity index (χ3n) is 5.25. The smallest absolute Gasteiger partial charge is 0.252 e. The van der Waals surface area contributed by atoms with Crippen LogP contribution in [0.1, 0.15) is 24.1 Å². The summed E-state index contributed by atoms with van der Waals surface area (Å²) in [7, 11) is -3.53. The highest BCUT2D eigenvalue weighted by Crippen LogP contribution is 2.36. The molecule has 2 aromatic rings. The summed E-state index contributed by atoms with van der Waals surface area (Å²) in [6.45, 7) is 3.34. The van der Waals surface area contributed by atoms with Crippen LogP contribution >= 0.6 is 23.1 Å². The molecule has 0 bridgehead atoms. The highest BCUT2D eigenvalue weighted by atomic mass is 32.2. The first kappa shape index (κ1) is 19.9. The Balaban J connectivity index is 1.56. The number of hydrogen-bond donors (Lipinski definition) is 0. The van der Waals surface area contributed by atoms with Crippen molar-refractivity contribution in [3.8, 4) is 0 Å². The molecule has 0 unspecified atom stereocenters. The number of carbonyl (C=O) groups is 1. The van der Waals surface area contributed by atoms with Gasteiger partial charge < -0.3 is 4.90 Å². The number of para-hydroxylation sites is 1. The zero-order valence-electron chi connectivity index (χ0n) is 15.8. The van der Waals surface area contributed by atoms with Crippen molar-refractivity contribution in [2.45, 2.75) is 35.3 Å². The van der Waals surface area contributed by atoms with Crippen LogP contribution in [-0.4, -0.2) is 44.0 Å². The van der Waals surface area contributed by atoms with Crippen LogP contribution < -0.4 is 4.90 Å². The number of anilines is 1. The van der Waals surface area contributed by atoms with Crippen molar-refractivity contribution in [2.75, 3.05) is 30.3 Å². The number of carbonyl (C=O) groups excluding carboxylic acids is 1. The average Bonchev–Trinajstić information content (AvgIpc) is 3.04. The maximum atomic E-state index is 13.4. The van der Waals surface area contributed by atoms with Crippen molar-refractivity contribution in [3.05, 3.63) is 41.3 Å². The molecule has 1 saturated heterocycles. The number of rotatable bonds is 3. The van der Waals surface area contributed by atoms with E-state index in [1.165, 1.54) is 15.6 Å². The van der Waals surface area contributed by atoms with Crippen LogP contribution in [0.5, 0.6) is 0 Å². The van der Waals surface area contributed by atoms with Crippen LogP contribution in [-0.2, 0) is 14.8 Å². The SMILES string of the molecule is Cc1ccc(S(=O)(=O)N2CCC[C@H](C(=O)N3CCCSc4ccccc43)C2)s1. The summed E-state index contributed by atoms with van der Waals surface area (Å²) in [5, 5.41) is 0. The fourth-order valence-electron chi connectivity index (χ4n) is 3.82. The van der Waals surface area contributed by atoms with Gasteiger partial charge in [0.05, 0.1) is 11.6 Å². The number of hydrogen-bond acceptors (Lipinski definition) is 5. The zero-order chi connectivity index (χ0) is 19.7. The second-order valence-electron chi connectivity index (χ2n) is 7.23. The summed E-state index contributed by atoms with van der Waals surface area (Å²) < 4.78 is 27.9. The first-order valence-electron chi connectivity index (χ1n) is 9.56. The van der Waals surface area contributed by atoms with Crippen molar-refractivity contribution < 1.29 is 13.2 Å². The van der Waals surface area contributed by atoms with E-state index in [0.29, 0.717) is 23.7 Å². The van der Waals surface area contributed by atoms with E-state index in [4.69, 9.17) is 0 Å². The summed E-state index contributed by atoms with van der Waals surface area (Å²) >= 11 is 3.07. The molecule has 1 fully saturated rings. The molecule has 0 N–H and O–H groups in total. The Morgan fingerprint density at radius 3 is 2.71 bits per heavy atom. The summed E-state index contributed by atoms with van der Waals surface area (Å²) in [5.74, 6) is 0.752. The molecule has 0 saturated carbocycles. The molecule has 1 atom stereocenters. The minimum atomic E-state index is -3.53. The van der Waals surface area contributed by atoms with Crippen molar-refractivity contribution in [3.63, 3.8) is 0 Å². The van der Waals surface area contributed by atoms with Crippen molar-refractivity contribution >= 4 is 44.7 Å². The molecule has 0 spiro atoms. The largest absolute Gasteiger partial charge is 0.311 e. The molecule has 1 amide bonds. The van der Waals surface area contributed by atoms with Crippen molar-refractivity contribution in [1.29, 1.82) is 0 Å². The van der Waals surface area contributed by atoms with E-state index < -0.39 is 10.0 Å². The van der Waals surface area contributed by atoms with Crippen LogP contribution in [0.25, 0.3) is 0 Å². The Kier molecular flexibility index (Phi) is 5.83. The lowest BCUT2D eigenvalue weighted by atomic mass is 9.97. The summed E-state index contributed by atoms with van der Waals surface area (Å²) in [6, 6.07) is 11.5. The predicted octanol–water partition coefficient (Wildman–Crippen LogP) is 3.99. The molecule has 0 radical (unpaired) electrons. The number of sulfonamides is 1. The number of nitrogens with zero attached hydrogens (tertiary/aromatic N) is 2. The number of aryl methyl sites for hydroxylation is 1. The van der Waals surface area contributed by atoms with Gasteiger partial charge >= 0.3 is 0 Å². The molecule has 28 heavy (non-hydrogen) atoms. The van der Waals surface area contributed by atoms with E-state index in [-0.39, 0.29) is 18.4 Å². The van der Waals surface area contributed by atoms with Gasteiger partial charge in [-0.25, -0.2) is 8.42 Å². The maximum absolute atomic E-state index is 13.4. The van der Waals surface area contributed by atoms with Gasteiger partial charge in [0.1, 0.15) is 4.21 Å². The van der Waals surface area contributed by atoms with Crippen LogP contribution in [0.2, 0.25) is 0 Å². The van der Waals surface area contributed by atoms with Gasteiger partial charge in [0, 0.05) is 29.4 Å². The summed E-state index contributed by atoms with van der Waals surface area (Å²) in [5.41, 5.74) is 0.962. The Hall–Kier alpha value is -1.35. The third-order valence-corrected chi connectivity index (χ3v) is 9.73. The van der Waals surface area contributed by atoms with Gasteiger partial charge in [-0.2, -0.15) is 4.31 Å². The first-order chi connectivity index (χ1) is 13.5. The molecule has 1 aromatic heterocycles. The van der Waals surface area contributed by atoms with E-state index >= 15 is 0 Å². The highest BCUT2D eigenvalue weighted by Gasteiger charge is 2.36. The van der Waals surface area contributed by atoms with Gasteiger partial charge in [0.15, 0.2) is 0 Å². The average molecular weight is 437 g/mol. The minimum Gasteiger partial charge on any atom is -0.311 e. The Labute approximate surface area is 174 Å². The van der Waals surface area contributed by atoms with Gasteiger partial charge in [-0.1, -0.05) is 12.1 Å². The van der Waals surface area contributed by atoms with Crippen molar-refractivity contribution in [2.24, 2.45) is 5.92 Å². The van der Waals surface area contributed by atoms with Gasteiger partial charge in [-0.05, 0) is 56.2 Å². The molecule has 1 aromatic carbocycles. The highest BCUT2D eigenvalue weighted by molar-refractivity contribution is 7.99. The van der Waals surface area contributed by atoms with Crippen LogP contribution in [0, 0.1) is 12.8 Å². The van der Waals surface area contributed by atoms with E-state index in [1.807, 2.05) is 36.1 Å². The van der Waals surface area contributed by atoms with Gasteiger partial charge in [0.25, 0.3) is 10.0 Å². The molecular formula is C20H24N2O3S3. The molecule has 4 rings (SSSR count). The van der Waals surface area contributed by atoms with E-state index in [1.54, 1.807) is 17.8 Å². The Morgan fingerprint density at radius 2 is 1.93 bits per heavy atom. The molecular weight excluding hydrogens is 412 g/mol. The number of amides is 1. The number of piperidine rings is 1. The van der Waals surface area contributed by atoms with Crippen LogP contribution in [0.15, 0.2) is 45.5 Å². The number of thioether (sulfide) groups is 1. The molecule has 5 nitrogen and oxygen atoms in total. The molecule has 2 aliphatic heterocycles. The van der Waals surface area contributed by atoms with Gasteiger partial charge in [-0.15, -0.1) is 23.1 Å². The lowest BCUT2D eigenvalue weighted by Gasteiger charge is -2.34. The Morgan fingerprint density at radius 1 is 1.11 bits per heavy atom. The van der Waals surface area contributed by atoms with Gasteiger partial charge in [-0.3, -0.25) is 4.79 Å². The normalized spacial score (nSPS) is 21.2. The quantitative estimate of drug-likeness (QED) is 0.730. The second-order valence-corrected chi connectivity index (χ2v) is 11.8. The number of fused-ring (bicyclic) bond motifs is 1. The molecule has 0 aliphatic carbocycles. The summed E-state index contributed by atoms with van der Waals surface area (Å²) in [6.07, 6.45) is 2.39. The summed E-state index contributed by atoms with van der Waals surface area (Å²) in [4.78, 5) is 17.4. The molecule has 8 heteroatoms. The van der Waals surface area contributed by atoms with Gasteiger partial charge in [0.2, 0.25) is 5.91 Å². The molecule has 2 aliphatic rings. The first-order valence-corrected chi connectivity index (χ1v) is 12.8. The number of benzene rings is 1. The van der Waals surface area contributed by atoms with Crippen LogP contribution in [0.3, 0.4) is 0 Å². The van der Waals surface area contributed by atoms with E-state index in [0.717, 1.165) is 34.1 Å². The van der Waals surface area contributed by atoms with E-state index in [2.05, 4.69) is 6.07 Å². The fraction of sp³-hybridized carbons (Fsp3) is 0.450. The lowest BCUT2D eigenvalue weighted by Crippen LogP contribution is -2.47. The molecule has 150 valence electrons. The maximum Gasteiger partial charge on any atom is 0.252 e. The molecule has 3 heterocycles. The topological polar surface area (TPSA) is 57.7 Å². The minimum absolute atomic E-state index is 0.0530. The monoisotopic (exact) mass is 436 g/mol. The van der Waals surface area contributed by atoms with Crippen LogP contribution in [0.4, 0.5) is 5.69 Å². The van der Waals surface area contributed by atoms with E-state index in [9.17, 15) is 13.2 Å². The standard InChI is InChI=1S/C20H24N2O3S3/c1-15-9-10-19(27-15)28(24,25)21-11-4-6-16(14-21)20(23)22-12-5-13-26-18-8-3-2-7-17(18)22/h2-3,7-10,16H,4-6,11-14H2,1H3/t16-/m0/s1. The second kappa shape index (κ2) is 8.18. The third kappa shape index (κ3) is 3.87. The lowest BCUT2D eigenvalue weighted by molar-refractivity contribution is -0.123. The van der Waals surface area contributed by atoms with Crippen molar-refractivity contribution in [1.82, 2.24) is 4.31 Å². The number of thiophene rings is 1. The fourth-order valence-corrected chi connectivity index (χ4v) is 7.77. The zero-order valence-corrected chi connectivity index (χ0v) is 18.3.